The van der Waals surface area contributed by atoms with Crippen molar-refractivity contribution in [2.75, 3.05) is 21.1 Å². The van der Waals surface area contributed by atoms with Gasteiger partial charge >= 0.3 is 0 Å². The summed E-state index contributed by atoms with van der Waals surface area (Å²) in [5.41, 5.74) is -0.0828. The molecule has 0 heterocycles. The topological polar surface area (TPSA) is 20.2 Å². The van der Waals surface area contributed by atoms with Crippen molar-refractivity contribution < 1.29 is 9.59 Å². The molecule has 0 bridgehead atoms. The minimum Gasteiger partial charge on any atom is -0.376 e. The molecule has 0 aromatic heterocycles. The summed E-state index contributed by atoms with van der Waals surface area (Å²) < 4.78 is 0.474. The van der Waals surface area contributed by atoms with Gasteiger partial charge in [-0.1, -0.05) is 0 Å². The van der Waals surface area contributed by atoms with E-state index < -0.39 is 0 Å². The maximum atomic E-state index is 9.39. The minimum atomic E-state index is -0.301. The first kappa shape index (κ1) is 10.7. The zero-order valence-corrected chi connectivity index (χ0v) is 9.51. The third-order valence-electron chi connectivity index (χ3n) is 2.31. The summed E-state index contributed by atoms with van der Waals surface area (Å²) in [7, 11) is 6.26. The van der Waals surface area contributed by atoms with Crippen molar-refractivity contribution in [1.29, 1.82) is 0 Å². The van der Waals surface area contributed by atoms with E-state index in [1.807, 2.05) is 0 Å². The summed E-state index contributed by atoms with van der Waals surface area (Å²) in [6.45, 7) is 4.12. The number of quaternary nitrogens is 1. The number of hydrogen-bond acceptors (Lipinski definition) is 1. The molecule has 0 aliphatic carbocycles. The van der Waals surface area contributed by atoms with Gasteiger partial charge in [0, 0.05) is 0 Å². The van der Waals surface area contributed by atoms with Crippen molar-refractivity contribution in [2.45, 2.75) is 23.5 Å². The molecule has 0 saturated heterocycles. The molecule has 0 aromatic carbocycles. The van der Waals surface area contributed by atoms with Crippen LogP contribution in [0.3, 0.4) is 0 Å². The Morgan fingerprint density at radius 2 is 1.60 bits per heavy atom. The lowest BCUT2D eigenvalue weighted by molar-refractivity contribution is -0.921. The largest absolute Gasteiger partial charge is 0.376 e. The fourth-order valence-corrected chi connectivity index (χ4v) is 1.16. The Morgan fingerprint density at radius 3 is 1.60 bits per heavy atom. The number of aliphatic hydroxyl groups excluding tert-OH is 1. The summed E-state index contributed by atoms with van der Waals surface area (Å²) in [5.74, 6) is 0. The molecule has 0 aliphatic heterocycles. The van der Waals surface area contributed by atoms with Crippen LogP contribution < -0.4 is 0 Å². The molecule has 2 nitrogen and oxygen atoms in total. The molecule has 0 radical (unpaired) electrons. The predicted octanol–water partition coefficient (Wildman–Crippen LogP) is 1.22. The lowest BCUT2D eigenvalue weighted by atomic mass is 10.0. The molecule has 0 saturated carbocycles. The standard InChI is InChI=1S/C7H17INO/c1-7(2,6(8)10)9(3,4)5/h6,10H,1-5H3/q+1. The molecule has 10 heavy (non-hydrogen) atoms. The maximum Gasteiger partial charge on any atom is 0.159 e. The Kier molecular flexibility index (Phi) is 3.14. The number of nitrogens with zero attached hydrogens (tertiary/aromatic N) is 1. The van der Waals surface area contributed by atoms with Crippen LogP contribution >= 0.6 is 22.6 Å². The molecule has 1 unspecified atom stereocenters. The van der Waals surface area contributed by atoms with E-state index in [9.17, 15) is 5.11 Å². The van der Waals surface area contributed by atoms with E-state index in [-0.39, 0.29) is 9.65 Å². The summed E-state index contributed by atoms with van der Waals surface area (Å²) >= 11 is 2.05. The number of alkyl halides is 1. The van der Waals surface area contributed by atoms with Crippen molar-refractivity contribution in [2.24, 2.45) is 0 Å². The van der Waals surface area contributed by atoms with Crippen LogP contribution in [0.2, 0.25) is 0 Å². The van der Waals surface area contributed by atoms with E-state index in [1.165, 1.54) is 0 Å². The highest BCUT2D eigenvalue weighted by atomic mass is 127. The van der Waals surface area contributed by atoms with Crippen LogP contribution in [0.25, 0.3) is 0 Å². The van der Waals surface area contributed by atoms with Crippen LogP contribution in [0.1, 0.15) is 13.8 Å². The summed E-state index contributed by atoms with van der Waals surface area (Å²) in [5, 5.41) is 9.39. The first-order valence-corrected chi connectivity index (χ1v) is 4.58. The van der Waals surface area contributed by atoms with Gasteiger partial charge in [0.1, 0.15) is 5.54 Å². The van der Waals surface area contributed by atoms with Crippen LogP contribution in [-0.2, 0) is 0 Å². The lowest BCUT2D eigenvalue weighted by Gasteiger charge is -2.42. The van der Waals surface area contributed by atoms with Gasteiger partial charge in [-0.2, -0.15) is 0 Å². The zero-order valence-electron chi connectivity index (χ0n) is 7.35. The summed E-state index contributed by atoms with van der Waals surface area (Å²) in [6.07, 6.45) is 0. The molecule has 0 aromatic rings. The van der Waals surface area contributed by atoms with Crippen molar-refractivity contribution in [3.8, 4) is 0 Å². The lowest BCUT2D eigenvalue weighted by Crippen LogP contribution is -2.57. The van der Waals surface area contributed by atoms with Gasteiger partial charge < -0.3 is 9.59 Å². The third-order valence-corrected chi connectivity index (χ3v) is 3.84. The Bertz CT molecular complexity index is 115. The highest BCUT2D eigenvalue weighted by molar-refractivity contribution is 14.1. The molecule has 62 valence electrons. The van der Waals surface area contributed by atoms with Gasteiger partial charge in [-0.15, -0.1) is 0 Å². The quantitative estimate of drug-likeness (QED) is 0.448. The summed E-state index contributed by atoms with van der Waals surface area (Å²) in [4.78, 5) is 0. The second-order valence-electron chi connectivity index (χ2n) is 4.00. The average molecular weight is 258 g/mol. The number of aliphatic hydroxyl groups is 1. The van der Waals surface area contributed by atoms with E-state index in [2.05, 4.69) is 57.6 Å². The van der Waals surface area contributed by atoms with Crippen molar-refractivity contribution >= 4 is 22.6 Å². The second kappa shape index (κ2) is 2.95. The van der Waals surface area contributed by atoms with Crippen LogP contribution in [-0.4, -0.2) is 40.4 Å². The molecule has 1 atom stereocenters. The smallest absolute Gasteiger partial charge is 0.159 e. The molecular formula is C7H17INO+. The Balaban J connectivity index is 4.40. The predicted molar refractivity (Wildman–Crippen MR) is 52.1 cm³/mol. The number of likely N-dealkylation sites (N-methyl/N-ethyl adjacent to an activating group) is 1. The first-order valence-electron chi connectivity index (χ1n) is 3.33. The average Bonchev–Trinajstić information content (AvgIpc) is 1.62. The highest BCUT2D eigenvalue weighted by Crippen LogP contribution is 2.25. The van der Waals surface area contributed by atoms with Crippen LogP contribution in [0.4, 0.5) is 0 Å². The van der Waals surface area contributed by atoms with Crippen molar-refractivity contribution in [1.82, 2.24) is 0 Å². The molecule has 1 N–H and O–H groups in total. The zero-order chi connectivity index (χ0) is 8.58. The van der Waals surface area contributed by atoms with E-state index in [0.717, 1.165) is 4.48 Å². The highest BCUT2D eigenvalue weighted by Gasteiger charge is 2.38. The van der Waals surface area contributed by atoms with Crippen LogP contribution in [0.15, 0.2) is 0 Å². The van der Waals surface area contributed by atoms with Gasteiger partial charge in [0.15, 0.2) is 4.11 Å². The Hall–Kier alpha value is 0.650. The van der Waals surface area contributed by atoms with Gasteiger partial charge in [-0.25, -0.2) is 0 Å². The normalized spacial score (nSPS) is 17.1. The number of halogens is 1. The van der Waals surface area contributed by atoms with Crippen molar-refractivity contribution in [3.05, 3.63) is 0 Å². The first-order chi connectivity index (χ1) is 4.19. The number of hydrogen-bond donors (Lipinski definition) is 1. The third kappa shape index (κ3) is 2.07. The fourth-order valence-electron chi connectivity index (χ4n) is 0.320. The van der Waals surface area contributed by atoms with Gasteiger partial charge in [0.05, 0.1) is 21.1 Å². The fraction of sp³-hybridized carbons (Fsp3) is 1.00. The second-order valence-corrected chi connectivity index (χ2v) is 5.18. The molecule has 3 heteroatoms. The molecule has 0 spiro atoms. The molecule has 0 fully saturated rings. The van der Waals surface area contributed by atoms with Gasteiger partial charge in [-0.05, 0) is 36.4 Å². The van der Waals surface area contributed by atoms with Crippen LogP contribution in [0.5, 0.6) is 0 Å². The maximum absolute atomic E-state index is 9.39. The minimum absolute atomic E-state index is 0.0828. The molecule has 0 rings (SSSR count). The summed E-state index contributed by atoms with van der Waals surface area (Å²) in [6, 6.07) is 0. The Morgan fingerprint density at radius 1 is 1.30 bits per heavy atom. The van der Waals surface area contributed by atoms with E-state index in [4.69, 9.17) is 0 Å². The van der Waals surface area contributed by atoms with E-state index in [0.29, 0.717) is 0 Å². The van der Waals surface area contributed by atoms with E-state index >= 15 is 0 Å². The van der Waals surface area contributed by atoms with Gasteiger partial charge in [-0.3, -0.25) is 0 Å². The van der Waals surface area contributed by atoms with E-state index in [1.54, 1.807) is 0 Å². The van der Waals surface area contributed by atoms with Gasteiger partial charge in [0.2, 0.25) is 0 Å². The van der Waals surface area contributed by atoms with Gasteiger partial charge in [0.25, 0.3) is 0 Å². The molecule has 0 aliphatic rings. The Labute approximate surface area is 77.0 Å². The SMILES string of the molecule is CC(C)(C(O)I)[N+](C)(C)C. The van der Waals surface area contributed by atoms with Crippen molar-refractivity contribution in [3.63, 3.8) is 0 Å². The molecule has 0 amide bonds. The van der Waals surface area contributed by atoms with Crippen LogP contribution in [0, 0.1) is 0 Å². The molecular weight excluding hydrogens is 241 g/mol. The monoisotopic (exact) mass is 258 g/mol. The number of rotatable bonds is 2.